The van der Waals surface area contributed by atoms with Crippen LogP contribution in [-0.2, 0) is 6.42 Å². The summed E-state index contributed by atoms with van der Waals surface area (Å²) in [6.07, 6.45) is 16.8. The summed E-state index contributed by atoms with van der Waals surface area (Å²) in [6.45, 7) is 12.8. The Morgan fingerprint density at radius 3 is 1.72 bits per heavy atom. The van der Waals surface area contributed by atoms with E-state index >= 15 is 0 Å². The molecular weight excluding hydrogens is 356 g/mol. The zero-order chi connectivity index (χ0) is 21.8. The van der Waals surface area contributed by atoms with Gasteiger partial charge in [-0.3, -0.25) is 0 Å². The first-order chi connectivity index (χ1) is 13.7. The zero-order valence-electron chi connectivity index (χ0n) is 19.3. The minimum Gasteiger partial charge on any atom is -0.504 e. The second kappa shape index (κ2) is 13.1. The Kier molecular flexibility index (Phi) is 11.2. The normalized spacial score (nSPS) is 13.0. The van der Waals surface area contributed by atoms with Gasteiger partial charge < -0.3 is 10.2 Å². The molecule has 1 rings (SSSR count). The molecule has 0 saturated heterocycles. The molecule has 29 heavy (non-hydrogen) atoms. The number of hydrogen-bond acceptors (Lipinski definition) is 2. The highest BCUT2D eigenvalue weighted by atomic mass is 16.3. The molecule has 2 nitrogen and oxygen atoms in total. The maximum absolute atomic E-state index is 9.84. The maximum atomic E-state index is 9.84. The number of allylic oxidation sites excluding steroid dienone is 8. The maximum Gasteiger partial charge on any atom is 0.160 e. The van der Waals surface area contributed by atoms with Crippen molar-refractivity contribution in [1.29, 1.82) is 0 Å². The Labute approximate surface area is 178 Å². The summed E-state index contributed by atoms with van der Waals surface area (Å²) < 4.78 is 0. The average molecular weight is 397 g/mol. The number of hydrogen-bond donors (Lipinski definition) is 2. The van der Waals surface area contributed by atoms with E-state index in [2.05, 4.69) is 58.9 Å². The lowest BCUT2D eigenvalue weighted by Gasteiger charge is -2.08. The van der Waals surface area contributed by atoms with Crippen LogP contribution in [-0.4, -0.2) is 10.2 Å². The SMILES string of the molecule is CC(C)=CCC/C(C)=C/CC/C(C)=C/CC/C(C)=C/Cc1ccc(O)c(O)c1C. The lowest BCUT2D eigenvalue weighted by Crippen LogP contribution is -1.89. The molecule has 0 heterocycles. The van der Waals surface area contributed by atoms with Gasteiger partial charge >= 0.3 is 0 Å². The van der Waals surface area contributed by atoms with Crippen molar-refractivity contribution in [3.05, 3.63) is 69.9 Å². The molecule has 0 aliphatic rings. The number of rotatable bonds is 11. The Hall–Kier alpha value is -2.22. The van der Waals surface area contributed by atoms with Crippen molar-refractivity contribution in [3.8, 4) is 11.5 Å². The molecule has 0 spiro atoms. The molecule has 0 bridgehead atoms. The molecule has 160 valence electrons. The van der Waals surface area contributed by atoms with Gasteiger partial charge in [0.05, 0.1) is 0 Å². The van der Waals surface area contributed by atoms with Gasteiger partial charge in [0, 0.05) is 0 Å². The van der Waals surface area contributed by atoms with Crippen LogP contribution in [0, 0.1) is 6.92 Å². The Balaban J connectivity index is 2.39. The van der Waals surface area contributed by atoms with Crippen molar-refractivity contribution in [2.45, 2.75) is 86.5 Å². The molecule has 0 aromatic heterocycles. The first kappa shape index (κ1) is 24.8. The number of aromatic hydroxyl groups is 2. The first-order valence-electron chi connectivity index (χ1n) is 10.8. The van der Waals surface area contributed by atoms with Crippen LogP contribution in [0.4, 0.5) is 0 Å². The van der Waals surface area contributed by atoms with E-state index in [4.69, 9.17) is 0 Å². The van der Waals surface area contributed by atoms with Crippen molar-refractivity contribution in [2.75, 3.05) is 0 Å². The predicted molar refractivity (Wildman–Crippen MR) is 127 cm³/mol. The molecule has 0 unspecified atom stereocenters. The van der Waals surface area contributed by atoms with E-state index in [1.807, 2.05) is 13.0 Å². The fraction of sp³-hybridized carbons (Fsp3) is 0.481. The summed E-state index contributed by atoms with van der Waals surface area (Å²) in [7, 11) is 0. The van der Waals surface area contributed by atoms with E-state index in [9.17, 15) is 10.2 Å². The van der Waals surface area contributed by atoms with Gasteiger partial charge in [-0.15, -0.1) is 0 Å². The number of benzene rings is 1. The van der Waals surface area contributed by atoms with Crippen LogP contribution in [0.1, 0.15) is 84.3 Å². The lowest BCUT2D eigenvalue weighted by atomic mass is 10.0. The monoisotopic (exact) mass is 396 g/mol. The predicted octanol–water partition coefficient (Wildman–Crippen LogP) is 8.09. The standard InChI is InChI=1S/C27H40O2/c1-20(2)10-7-11-21(3)12-8-13-22(4)14-9-15-23(5)16-17-25-18-19-26(28)27(29)24(25)6/h10,12,14,16,18-19,28-29H,7-9,11,13,15,17H2,1-6H3/b21-12+,22-14+,23-16+. The molecular formula is C27H40O2. The summed E-state index contributed by atoms with van der Waals surface area (Å²) in [4.78, 5) is 0. The molecule has 0 aliphatic carbocycles. The molecule has 1 aromatic carbocycles. The van der Waals surface area contributed by atoms with Crippen molar-refractivity contribution in [2.24, 2.45) is 0 Å². The van der Waals surface area contributed by atoms with Crippen LogP contribution in [0.3, 0.4) is 0 Å². The van der Waals surface area contributed by atoms with Crippen LogP contribution < -0.4 is 0 Å². The lowest BCUT2D eigenvalue weighted by molar-refractivity contribution is 0.400. The third kappa shape index (κ3) is 10.2. The molecule has 2 N–H and O–H groups in total. The number of phenolic OH excluding ortho intramolecular Hbond substituents is 2. The van der Waals surface area contributed by atoms with Crippen molar-refractivity contribution >= 4 is 0 Å². The summed E-state index contributed by atoms with van der Waals surface area (Å²) >= 11 is 0. The third-order valence-electron chi connectivity index (χ3n) is 5.35. The Morgan fingerprint density at radius 1 is 0.724 bits per heavy atom. The summed E-state index contributed by atoms with van der Waals surface area (Å²) in [5.74, 6) is -0.0566. The highest BCUT2D eigenvalue weighted by molar-refractivity contribution is 5.48. The van der Waals surface area contributed by atoms with Crippen LogP contribution in [0.25, 0.3) is 0 Å². The Morgan fingerprint density at radius 2 is 1.21 bits per heavy atom. The molecule has 0 aliphatic heterocycles. The van der Waals surface area contributed by atoms with Crippen LogP contribution >= 0.6 is 0 Å². The molecule has 0 saturated carbocycles. The molecule has 0 amide bonds. The van der Waals surface area contributed by atoms with Gasteiger partial charge in [-0.2, -0.15) is 0 Å². The molecule has 0 fully saturated rings. The zero-order valence-corrected chi connectivity index (χ0v) is 19.3. The van der Waals surface area contributed by atoms with Gasteiger partial charge in [0.1, 0.15) is 0 Å². The van der Waals surface area contributed by atoms with Crippen LogP contribution in [0.15, 0.2) is 58.7 Å². The first-order valence-corrected chi connectivity index (χ1v) is 10.8. The average Bonchev–Trinajstić information content (AvgIpc) is 2.65. The second-order valence-corrected chi connectivity index (χ2v) is 8.47. The van der Waals surface area contributed by atoms with Gasteiger partial charge in [-0.25, -0.2) is 0 Å². The Bertz CT molecular complexity index is 772. The van der Waals surface area contributed by atoms with Crippen molar-refractivity contribution < 1.29 is 10.2 Å². The van der Waals surface area contributed by atoms with Gasteiger partial charge in [-0.1, -0.05) is 52.7 Å². The summed E-state index contributed by atoms with van der Waals surface area (Å²) in [5, 5.41) is 19.4. The minimum absolute atomic E-state index is 0.00617. The molecule has 0 radical (unpaired) electrons. The van der Waals surface area contributed by atoms with E-state index in [0.29, 0.717) is 0 Å². The molecule has 0 atom stereocenters. The van der Waals surface area contributed by atoms with Crippen LogP contribution in [0.5, 0.6) is 11.5 Å². The van der Waals surface area contributed by atoms with E-state index in [0.717, 1.165) is 56.1 Å². The molecule has 2 heteroatoms. The topological polar surface area (TPSA) is 40.5 Å². The third-order valence-corrected chi connectivity index (χ3v) is 5.35. The fourth-order valence-electron chi connectivity index (χ4n) is 3.22. The van der Waals surface area contributed by atoms with Gasteiger partial charge in [0.2, 0.25) is 0 Å². The molecule has 1 aromatic rings. The highest BCUT2D eigenvalue weighted by Crippen LogP contribution is 2.31. The van der Waals surface area contributed by atoms with Crippen LogP contribution in [0.2, 0.25) is 0 Å². The van der Waals surface area contributed by atoms with E-state index in [1.54, 1.807) is 6.07 Å². The number of phenols is 2. The highest BCUT2D eigenvalue weighted by Gasteiger charge is 2.06. The van der Waals surface area contributed by atoms with Gasteiger partial charge in [0.15, 0.2) is 11.5 Å². The van der Waals surface area contributed by atoms with Crippen molar-refractivity contribution in [1.82, 2.24) is 0 Å². The van der Waals surface area contributed by atoms with E-state index in [1.165, 1.54) is 22.3 Å². The summed E-state index contributed by atoms with van der Waals surface area (Å²) in [5.41, 5.74) is 7.52. The van der Waals surface area contributed by atoms with Gasteiger partial charge in [0.25, 0.3) is 0 Å². The van der Waals surface area contributed by atoms with E-state index in [-0.39, 0.29) is 11.5 Å². The minimum atomic E-state index is -0.0505. The second-order valence-electron chi connectivity index (χ2n) is 8.47. The largest absolute Gasteiger partial charge is 0.504 e. The summed E-state index contributed by atoms with van der Waals surface area (Å²) in [6, 6.07) is 3.44. The smallest absolute Gasteiger partial charge is 0.160 e. The quantitative estimate of drug-likeness (QED) is 0.293. The van der Waals surface area contributed by atoms with Gasteiger partial charge in [-0.05, 0) is 104 Å². The fourth-order valence-corrected chi connectivity index (χ4v) is 3.22. The van der Waals surface area contributed by atoms with Crippen molar-refractivity contribution in [3.63, 3.8) is 0 Å². The van der Waals surface area contributed by atoms with E-state index < -0.39 is 0 Å².